The van der Waals surface area contributed by atoms with E-state index >= 15 is 0 Å². The molecule has 1 aromatic carbocycles. The van der Waals surface area contributed by atoms with Crippen LogP contribution in [0.15, 0.2) is 28.6 Å². The Bertz CT molecular complexity index is 434. The molecule has 0 saturated carbocycles. The molecule has 1 aliphatic rings. The second-order valence-electron chi connectivity index (χ2n) is 3.61. The van der Waals surface area contributed by atoms with Crippen LogP contribution in [0.2, 0.25) is 0 Å². The molecule has 0 aromatic heterocycles. The fourth-order valence-electron chi connectivity index (χ4n) is 1.56. The van der Waals surface area contributed by atoms with Gasteiger partial charge in [-0.3, -0.25) is 0 Å². The van der Waals surface area contributed by atoms with Gasteiger partial charge in [-0.2, -0.15) is 4.36 Å². The average molecular weight is 209 g/mol. The maximum absolute atomic E-state index is 11.9. The van der Waals surface area contributed by atoms with E-state index in [1.165, 1.54) is 5.56 Å². The van der Waals surface area contributed by atoms with Gasteiger partial charge < -0.3 is 0 Å². The predicted molar refractivity (Wildman–Crippen MR) is 60.4 cm³/mol. The summed E-state index contributed by atoms with van der Waals surface area (Å²) in [5.41, 5.74) is 2.13. The zero-order chi connectivity index (χ0) is 10.0. The Kier molecular flexibility index (Phi) is 2.59. The lowest BCUT2D eigenvalue weighted by molar-refractivity contribution is 0.663. The smallest absolute Gasteiger partial charge is 0.0762 e. The predicted octanol–water partition coefficient (Wildman–Crippen LogP) is 2.75. The Morgan fingerprint density at radius 1 is 1.36 bits per heavy atom. The maximum atomic E-state index is 11.9. The third-order valence-electron chi connectivity index (χ3n) is 2.56. The number of nitrogens with zero attached hydrogens (tertiary/aromatic N) is 1. The fourth-order valence-corrected chi connectivity index (χ4v) is 3.06. The van der Waals surface area contributed by atoms with E-state index in [1.54, 1.807) is 0 Å². The van der Waals surface area contributed by atoms with Crippen LogP contribution in [0.4, 0.5) is 5.69 Å². The highest BCUT2D eigenvalue weighted by Gasteiger charge is 2.19. The Morgan fingerprint density at radius 2 is 2.07 bits per heavy atom. The third kappa shape index (κ3) is 1.82. The molecule has 1 heterocycles. The van der Waals surface area contributed by atoms with Crippen LogP contribution in [-0.4, -0.2) is 15.7 Å². The molecule has 0 aliphatic carbocycles. The molecule has 2 rings (SSSR count). The molecule has 1 fully saturated rings. The molecule has 0 N–H and O–H groups in total. The standard InChI is InChI=1S/C11H15NOS/c1-2-10-6-3-4-7-11(10)12-14(13)8-5-9-14/h3-4,6-7H,2,5,8-9H2,1H3. The van der Waals surface area contributed by atoms with Gasteiger partial charge in [-0.1, -0.05) is 25.1 Å². The molecule has 0 spiro atoms. The number of hydrogen-bond acceptors (Lipinski definition) is 2. The van der Waals surface area contributed by atoms with Crippen LogP contribution < -0.4 is 0 Å². The summed E-state index contributed by atoms with van der Waals surface area (Å²) in [6.07, 6.45) is 2.02. The highest BCUT2D eigenvalue weighted by Crippen LogP contribution is 2.24. The lowest BCUT2D eigenvalue weighted by atomic mass is 10.1. The SMILES string of the molecule is CCc1ccccc1N=S1(=O)CCC1. The summed E-state index contributed by atoms with van der Waals surface area (Å²) < 4.78 is 16.3. The van der Waals surface area contributed by atoms with Gasteiger partial charge in [0.25, 0.3) is 0 Å². The largest absolute Gasteiger partial charge is 0.249 e. The van der Waals surface area contributed by atoms with Gasteiger partial charge in [0.05, 0.1) is 15.4 Å². The van der Waals surface area contributed by atoms with Crippen LogP contribution in [0.5, 0.6) is 0 Å². The molecule has 1 aliphatic heterocycles. The summed E-state index contributed by atoms with van der Waals surface area (Å²) in [6, 6.07) is 7.98. The molecule has 76 valence electrons. The van der Waals surface area contributed by atoms with Crippen molar-refractivity contribution in [1.82, 2.24) is 0 Å². The van der Waals surface area contributed by atoms with E-state index in [-0.39, 0.29) is 0 Å². The second-order valence-corrected chi connectivity index (χ2v) is 6.15. The summed E-state index contributed by atoms with van der Waals surface area (Å²) in [6.45, 7) is 2.10. The highest BCUT2D eigenvalue weighted by atomic mass is 32.2. The summed E-state index contributed by atoms with van der Waals surface area (Å²) in [7, 11) is -1.85. The highest BCUT2D eigenvalue weighted by molar-refractivity contribution is 7.95. The molecule has 1 saturated heterocycles. The lowest BCUT2D eigenvalue weighted by Crippen LogP contribution is -2.23. The van der Waals surface area contributed by atoms with Gasteiger partial charge in [0.15, 0.2) is 0 Å². The summed E-state index contributed by atoms with van der Waals surface area (Å²) >= 11 is 0. The number of benzene rings is 1. The molecule has 3 heteroatoms. The van der Waals surface area contributed by atoms with E-state index in [0.29, 0.717) is 0 Å². The average Bonchev–Trinajstić information content (AvgIpc) is 2.16. The zero-order valence-electron chi connectivity index (χ0n) is 8.40. The van der Waals surface area contributed by atoms with Crippen LogP contribution >= 0.6 is 0 Å². The van der Waals surface area contributed by atoms with E-state index in [9.17, 15) is 4.21 Å². The molecule has 0 unspecified atom stereocenters. The number of hydrogen-bond donors (Lipinski definition) is 0. The van der Waals surface area contributed by atoms with Crippen molar-refractivity contribution < 1.29 is 4.21 Å². The van der Waals surface area contributed by atoms with Crippen molar-refractivity contribution in [2.45, 2.75) is 19.8 Å². The van der Waals surface area contributed by atoms with Gasteiger partial charge in [0.1, 0.15) is 0 Å². The number of rotatable bonds is 2. The van der Waals surface area contributed by atoms with Crippen LogP contribution in [-0.2, 0) is 16.1 Å². The number of aryl methyl sites for hydroxylation is 1. The molecular weight excluding hydrogens is 194 g/mol. The first-order valence-electron chi connectivity index (χ1n) is 5.04. The van der Waals surface area contributed by atoms with Crippen molar-refractivity contribution in [2.75, 3.05) is 11.5 Å². The molecule has 1 aromatic rings. The van der Waals surface area contributed by atoms with Gasteiger partial charge >= 0.3 is 0 Å². The van der Waals surface area contributed by atoms with Gasteiger partial charge in [0, 0.05) is 11.5 Å². The minimum Gasteiger partial charge on any atom is -0.249 e. The molecular formula is C11H15NOS. The molecule has 14 heavy (non-hydrogen) atoms. The van der Waals surface area contributed by atoms with Crippen molar-refractivity contribution >= 4 is 15.4 Å². The first-order chi connectivity index (χ1) is 6.73. The van der Waals surface area contributed by atoms with Crippen LogP contribution in [0, 0.1) is 0 Å². The van der Waals surface area contributed by atoms with Crippen LogP contribution in [0.25, 0.3) is 0 Å². The van der Waals surface area contributed by atoms with Gasteiger partial charge in [-0.15, -0.1) is 0 Å². The zero-order valence-corrected chi connectivity index (χ0v) is 9.22. The minimum absolute atomic E-state index is 0.783. The Hall–Kier alpha value is -0.830. The molecule has 2 nitrogen and oxygen atoms in total. The summed E-state index contributed by atoms with van der Waals surface area (Å²) in [5.74, 6) is 1.57. The molecule has 0 radical (unpaired) electrons. The van der Waals surface area contributed by atoms with Crippen LogP contribution in [0.3, 0.4) is 0 Å². The maximum Gasteiger partial charge on any atom is 0.0762 e. The Labute approximate surface area is 85.5 Å². The van der Waals surface area contributed by atoms with E-state index < -0.39 is 9.73 Å². The van der Waals surface area contributed by atoms with Crippen molar-refractivity contribution in [2.24, 2.45) is 4.36 Å². The molecule has 0 amide bonds. The molecule has 0 atom stereocenters. The van der Waals surface area contributed by atoms with Crippen molar-refractivity contribution in [3.05, 3.63) is 29.8 Å². The minimum atomic E-state index is -1.85. The fraction of sp³-hybridized carbons (Fsp3) is 0.455. The third-order valence-corrected chi connectivity index (χ3v) is 4.95. The van der Waals surface area contributed by atoms with Gasteiger partial charge in [-0.05, 0) is 24.5 Å². The van der Waals surface area contributed by atoms with E-state index in [0.717, 1.165) is 30.0 Å². The quantitative estimate of drug-likeness (QED) is 0.736. The van der Waals surface area contributed by atoms with Gasteiger partial charge in [-0.25, -0.2) is 4.21 Å². The van der Waals surface area contributed by atoms with Crippen molar-refractivity contribution in [1.29, 1.82) is 0 Å². The monoisotopic (exact) mass is 209 g/mol. The lowest BCUT2D eigenvalue weighted by Gasteiger charge is -2.18. The Morgan fingerprint density at radius 3 is 2.64 bits per heavy atom. The van der Waals surface area contributed by atoms with Crippen molar-refractivity contribution in [3.8, 4) is 0 Å². The summed E-state index contributed by atoms with van der Waals surface area (Å²) in [4.78, 5) is 0. The van der Waals surface area contributed by atoms with E-state index in [2.05, 4.69) is 17.4 Å². The van der Waals surface area contributed by atoms with Crippen molar-refractivity contribution in [3.63, 3.8) is 0 Å². The van der Waals surface area contributed by atoms with E-state index in [4.69, 9.17) is 0 Å². The van der Waals surface area contributed by atoms with Gasteiger partial charge in [0.2, 0.25) is 0 Å². The normalized spacial score (nSPS) is 18.6. The summed E-state index contributed by atoms with van der Waals surface area (Å²) in [5, 5.41) is 0. The second kappa shape index (κ2) is 3.73. The van der Waals surface area contributed by atoms with Crippen LogP contribution in [0.1, 0.15) is 18.9 Å². The first-order valence-corrected chi connectivity index (χ1v) is 6.89. The topological polar surface area (TPSA) is 29.4 Å². The molecule has 0 bridgehead atoms. The Balaban J connectivity index is 2.42. The first kappa shape index (κ1) is 9.71. The van der Waals surface area contributed by atoms with E-state index in [1.807, 2.05) is 18.2 Å².